The van der Waals surface area contributed by atoms with E-state index in [-0.39, 0.29) is 37.3 Å². The van der Waals surface area contributed by atoms with Crippen molar-refractivity contribution in [2.24, 2.45) is 10.4 Å². The van der Waals surface area contributed by atoms with Gasteiger partial charge in [-0.15, -0.1) is 29.8 Å². The number of aliphatic imine (C=N–C) groups is 1. The molecule has 0 spiro atoms. The molecule has 6 heteroatoms. The van der Waals surface area contributed by atoms with Crippen LogP contribution in [0.4, 0.5) is 17.2 Å². The topological polar surface area (TPSA) is 47.0 Å². The number of hydrogen-bond acceptors (Lipinski definition) is 5. The molecule has 2 aliphatic heterocycles. The van der Waals surface area contributed by atoms with Crippen molar-refractivity contribution in [1.82, 2.24) is 4.98 Å². The van der Waals surface area contributed by atoms with E-state index >= 15 is 0 Å². The molecule has 0 bridgehead atoms. The number of benzene rings is 4. The summed E-state index contributed by atoms with van der Waals surface area (Å²) in [7, 11) is 0. The van der Waals surface area contributed by atoms with Crippen molar-refractivity contribution >= 4 is 23.1 Å². The fourth-order valence-electron chi connectivity index (χ4n) is 9.36. The summed E-state index contributed by atoms with van der Waals surface area (Å²) in [6.45, 7) is 34.5. The van der Waals surface area contributed by atoms with Crippen LogP contribution in [0.25, 0.3) is 0 Å². The fraction of sp³-hybridized carbons (Fsp3) is 0.434. The van der Waals surface area contributed by atoms with Gasteiger partial charge in [0, 0.05) is 54.5 Å². The zero-order chi connectivity index (χ0) is 43.9. The van der Waals surface area contributed by atoms with E-state index in [4.69, 9.17) is 19.5 Å². The van der Waals surface area contributed by atoms with Crippen LogP contribution in [0, 0.1) is 45.2 Å². The van der Waals surface area contributed by atoms with Crippen LogP contribution < -0.4 is 9.64 Å². The van der Waals surface area contributed by atoms with Gasteiger partial charge in [-0.05, 0) is 84.0 Å². The third-order valence-corrected chi connectivity index (χ3v) is 12.7. The Labute approximate surface area is 371 Å². The SMILES string of the molecule is [2H]C1([2H])c2cc(C)c(C)cc2[C@]2(C(C)(C)C)OC(c3[c-]c(Oc4[c-]c(N5c6ccc(C(C)(C)C)cc6C(C)(C)c6cc(C)cnc65)cc(C)c4)cc(C(C)(C)C)c3)=N[C@]12C.[Pt+2]. The van der Waals surface area contributed by atoms with E-state index in [0.717, 1.165) is 56.1 Å². The van der Waals surface area contributed by atoms with E-state index in [9.17, 15) is 2.74 Å². The van der Waals surface area contributed by atoms with Gasteiger partial charge in [-0.2, -0.15) is 5.56 Å². The molecular formula is C53H61N3O2Pt. The zero-order valence-electron chi connectivity index (χ0n) is 39.8. The number of anilines is 3. The Morgan fingerprint density at radius 2 is 1.39 bits per heavy atom. The number of aromatic nitrogens is 1. The predicted molar refractivity (Wildman–Crippen MR) is 239 cm³/mol. The Balaban J connectivity index is 0.00000561. The summed E-state index contributed by atoms with van der Waals surface area (Å²) in [5.41, 5.74) is 9.62. The third kappa shape index (κ3) is 6.88. The van der Waals surface area contributed by atoms with Gasteiger partial charge in [0.05, 0.1) is 5.54 Å². The number of fused-ring (bicyclic) bond motifs is 5. The average Bonchev–Trinajstić information content (AvgIpc) is 3.53. The number of aryl methyl sites for hydroxylation is 4. The molecule has 0 radical (unpaired) electrons. The Bertz CT molecular complexity index is 2640. The molecule has 1 aromatic heterocycles. The van der Waals surface area contributed by atoms with Gasteiger partial charge in [0.15, 0.2) is 5.60 Å². The van der Waals surface area contributed by atoms with Crippen molar-refractivity contribution < 1.29 is 33.3 Å². The van der Waals surface area contributed by atoms with Gasteiger partial charge in [0.1, 0.15) is 11.7 Å². The van der Waals surface area contributed by atoms with Crippen LogP contribution >= 0.6 is 0 Å². The van der Waals surface area contributed by atoms with Crippen molar-refractivity contribution in [3.05, 3.63) is 140 Å². The molecule has 310 valence electrons. The molecule has 59 heavy (non-hydrogen) atoms. The van der Waals surface area contributed by atoms with Crippen LogP contribution in [0.15, 0.2) is 71.9 Å². The summed E-state index contributed by atoms with van der Waals surface area (Å²) in [5, 5.41) is 0. The first-order valence-corrected chi connectivity index (χ1v) is 20.7. The van der Waals surface area contributed by atoms with Gasteiger partial charge in [0.2, 0.25) is 0 Å². The third-order valence-electron chi connectivity index (χ3n) is 12.7. The zero-order valence-corrected chi connectivity index (χ0v) is 40.1. The van der Waals surface area contributed by atoms with Crippen LogP contribution in [0.1, 0.15) is 147 Å². The molecular weight excluding hydrogens is 906 g/mol. The summed E-state index contributed by atoms with van der Waals surface area (Å²) >= 11 is 0. The fourth-order valence-corrected chi connectivity index (χ4v) is 9.36. The normalized spacial score (nSPS) is 21.8. The number of hydrogen-bond donors (Lipinski definition) is 0. The molecule has 0 saturated carbocycles. The first-order chi connectivity index (χ1) is 27.6. The second kappa shape index (κ2) is 13.9. The molecule has 5 aromatic rings. The van der Waals surface area contributed by atoms with E-state index in [1.165, 1.54) is 11.1 Å². The van der Waals surface area contributed by atoms with Gasteiger partial charge in [0.25, 0.3) is 0 Å². The molecule has 0 N–H and O–H groups in total. The van der Waals surface area contributed by atoms with Gasteiger partial charge < -0.3 is 14.4 Å². The molecule has 0 fully saturated rings. The van der Waals surface area contributed by atoms with Gasteiger partial charge >= 0.3 is 21.1 Å². The minimum atomic E-state index is -1.80. The molecule has 5 nitrogen and oxygen atoms in total. The Morgan fingerprint density at radius 3 is 2.05 bits per heavy atom. The van der Waals surface area contributed by atoms with Crippen LogP contribution in [-0.4, -0.2) is 16.4 Å². The standard InChI is InChI=1S/C53H61N3O2.Pt/c1-31-19-39(56-45-18-17-37(48(5,6)7)27-43(45)51(14,15)44-21-32(2)30-54-46(44)56)28-40(20-31)57-41-25-35(24-38(26-41)49(8,9)10)47-55-52(16)29-36-22-33(3)34(4)23-42(36)53(52,58-47)50(11,12)13;/h17-24,26-27,30H,29H2,1-16H3;/q-2;+2/t52-,53-;/m1./s1/i29D2;. The predicted octanol–water partition coefficient (Wildman–Crippen LogP) is 13.4. The summed E-state index contributed by atoms with van der Waals surface area (Å²) in [5.74, 6) is 2.30. The number of nitrogens with zero attached hydrogens (tertiary/aromatic N) is 3. The summed E-state index contributed by atoms with van der Waals surface area (Å²) in [6.07, 6.45) is 0.142. The quantitative estimate of drug-likeness (QED) is 0.168. The molecule has 0 unspecified atom stereocenters. The average molecular weight is 969 g/mol. The molecule has 3 heterocycles. The molecule has 4 aromatic carbocycles. The Hall–Kier alpha value is -4.21. The largest absolute Gasteiger partial charge is 2.00 e. The number of ether oxygens (including phenoxy) is 2. The van der Waals surface area contributed by atoms with Crippen molar-refractivity contribution in [2.75, 3.05) is 4.90 Å². The number of rotatable bonds is 4. The van der Waals surface area contributed by atoms with Crippen LogP contribution in [0.2, 0.25) is 0 Å². The molecule has 8 rings (SSSR count). The minimum absolute atomic E-state index is 0. The van der Waals surface area contributed by atoms with Crippen molar-refractivity contribution in [3.63, 3.8) is 0 Å². The van der Waals surface area contributed by atoms with Crippen molar-refractivity contribution in [2.45, 2.75) is 145 Å². The Morgan fingerprint density at radius 1 is 0.729 bits per heavy atom. The van der Waals surface area contributed by atoms with Crippen LogP contribution in [0.3, 0.4) is 0 Å². The smallest absolute Gasteiger partial charge is 0.507 e. The Kier molecular flexibility index (Phi) is 9.48. The van der Waals surface area contributed by atoms with E-state index in [2.05, 4.69) is 156 Å². The monoisotopic (exact) mass is 968 g/mol. The molecule has 2 atom stereocenters. The van der Waals surface area contributed by atoms with E-state index in [0.29, 0.717) is 28.5 Å². The number of pyridine rings is 1. The minimum Gasteiger partial charge on any atom is -0.507 e. The van der Waals surface area contributed by atoms with E-state index in [1.807, 2.05) is 38.2 Å². The molecule has 0 amide bonds. The maximum absolute atomic E-state index is 9.67. The maximum atomic E-state index is 9.67. The van der Waals surface area contributed by atoms with Crippen molar-refractivity contribution in [1.29, 1.82) is 0 Å². The molecule has 0 saturated heterocycles. The molecule has 1 aliphatic carbocycles. The second-order valence-corrected chi connectivity index (χ2v) is 20.9. The van der Waals surface area contributed by atoms with E-state index in [1.54, 1.807) is 0 Å². The van der Waals surface area contributed by atoms with Crippen LogP contribution in [-0.2, 0) is 54.0 Å². The first-order valence-electron chi connectivity index (χ1n) is 21.7. The molecule has 3 aliphatic rings. The second-order valence-electron chi connectivity index (χ2n) is 20.9. The van der Waals surface area contributed by atoms with Crippen molar-refractivity contribution in [3.8, 4) is 11.5 Å². The maximum Gasteiger partial charge on any atom is 2.00 e. The first kappa shape index (κ1) is 40.2. The van der Waals surface area contributed by atoms with Crippen LogP contribution in [0.5, 0.6) is 11.5 Å². The van der Waals surface area contributed by atoms with Gasteiger partial charge in [-0.3, -0.25) is 4.99 Å². The summed E-state index contributed by atoms with van der Waals surface area (Å²) < 4.78 is 33.4. The van der Waals surface area contributed by atoms with E-state index < -0.39 is 22.9 Å². The summed E-state index contributed by atoms with van der Waals surface area (Å²) in [4.78, 5) is 12.6. The van der Waals surface area contributed by atoms with Gasteiger partial charge in [-0.1, -0.05) is 131 Å². The van der Waals surface area contributed by atoms with Gasteiger partial charge in [-0.25, -0.2) is 4.98 Å². The summed E-state index contributed by atoms with van der Waals surface area (Å²) in [6, 6.07) is 28.6.